The molecule has 1 aliphatic rings. The molecule has 0 spiro atoms. The summed E-state index contributed by atoms with van der Waals surface area (Å²) in [5, 5.41) is 9.09. The Morgan fingerprint density at radius 1 is 1.53 bits per heavy atom. The van der Waals surface area contributed by atoms with Crippen molar-refractivity contribution in [3.8, 4) is 0 Å². The second-order valence-electron chi connectivity index (χ2n) is 5.26. The number of aliphatic hydroxyl groups excluding tert-OH is 1. The van der Waals surface area contributed by atoms with Crippen molar-refractivity contribution in [2.45, 2.75) is 32.1 Å². The third-order valence-corrected chi connectivity index (χ3v) is 3.47. The first kappa shape index (κ1) is 14.1. The van der Waals surface area contributed by atoms with Crippen LogP contribution >= 0.6 is 0 Å². The predicted molar refractivity (Wildman–Crippen MR) is 68.5 cm³/mol. The Morgan fingerprint density at radius 2 is 2.26 bits per heavy atom. The zero-order chi connectivity index (χ0) is 14.0. The molecule has 2 heterocycles. The van der Waals surface area contributed by atoms with Crippen LogP contribution in [0.15, 0.2) is 12.3 Å². The summed E-state index contributed by atoms with van der Waals surface area (Å²) >= 11 is 0. The molecule has 1 saturated heterocycles. The van der Waals surface area contributed by atoms with Gasteiger partial charge in [-0.25, -0.2) is 18.7 Å². The Labute approximate surface area is 111 Å². The molecule has 0 saturated carbocycles. The van der Waals surface area contributed by atoms with Gasteiger partial charge in [-0.3, -0.25) is 0 Å². The Morgan fingerprint density at radius 3 is 2.89 bits per heavy atom. The van der Waals surface area contributed by atoms with E-state index in [2.05, 4.69) is 9.97 Å². The molecule has 1 aliphatic heterocycles. The summed E-state index contributed by atoms with van der Waals surface area (Å²) in [6.45, 7) is 3.84. The lowest BCUT2D eigenvalue weighted by Crippen LogP contribution is -2.49. The molecule has 0 bridgehead atoms. The summed E-state index contributed by atoms with van der Waals surface area (Å²) in [6, 6.07) is 1.73. The van der Waals surface area contributed by atoms with Gasteiger partial charge in [0.15, 0.2) is 0 Å². The summed E-state index contributed by atoms with van der Waals surface area (Å²) in [5.74, 6) is -2.26. The SMILES string of the molecule is CC(C)c1nccc(N2CCC(F)(F)C(CO)C2)n1. The molecule has 0 aromatic carbocycles. The van der Waals surface area contributed by atoms with Gasteiger partial charge in [0.25, 0.3) is 5.92 Å². The van der Waals surface area contributed by atoms with Crippen LogP contribution in [0.25, 0.3) is 0 Å². The van der Waals surface area contributed by atoms with Gasteiger partial charge >= 0.3 is 0 Å². The van der Waals surface area contributed by atoms with Gasteiger partial charge < -0.3 is 10.0 Å². The number of hydrogen-bond donors (Lipinski definition) is 1. The van der Waals surface area contributed by atoms with Crippen molar-refractivity contribution in [3.05, 3.63) is 18.1 Å². The van der Waals surface area contributed by atoms with Crippen LogP contribution in [-0.4, -0.2) is 40.7 Å². The first-order valence-corrected chi connectivity index (χ1v) is 6.50. The average Bonchev–Trinajstić information content (AvgIpc) is 2.38. The van der Waals surface area contributed by atoms with Gasteiger partial charge in [0, 0.05) is 31.6 Å². The minimum atomic E-state index is -2.79. The molecular formula is C13H19F2N3O. The fourth-order valence-corrected chi connectivity index (χ4v) is 2.20. The summed E-state index contributed by atoms with van der Waals surface area (Å²) in [7, 11) is 0. The van der Waals surface area contributed by atoms with E-state index in [0.29, 0.717) is 11.6 Å². The summed E-state index contributed by atoms with van der Waals surface area (Å²) in [5.41, 5.74) is 0. The Kier molecular flexibility index (Phi) is 3.99. The Hall–Kier alpha value is -1.30. The lowest BCUT2D eigenvalue weighted by Gasteiger charge is -2.38. The monoisotopic (exact) mass is 271 g/mol. The molecule has 1 fully saturated rings. The fourth-order valence-electron chi connectivity index (χ4n) is 2.20. The molecule has 0 aliphatic carbocycles. The third-order valence-electron chi connectivity index (χ3n) is 3.47. The summed E-state index contributed by atoms with van der Waals surface area (Å²) in [4.78, 5) is 10.4. The first-order valence-electron chi connectivity index (χ1n) is 6.50. The van der Waals surface area contributed by atoms with Gasteiger partial charge in [0.2, 0.25) is 0 Å². The molecule has 4 nitrogen and oxygen atoms in total. The largest absolute Gasteiger partial charge is 0.396 e. The van der Waals surface area contributed by atoms with E-state index in [-0.39, 0.29) is 25.4 Å². The molecule has 2 rings (SSSR count). The molecule has 0 radical (unpaired) electrons. The lowest BCUT2D eigenvalue weighted by molar-refractivity contribution is -0.0880. The zero-order valence-corrected chi connectivity index (χ0v) is 11.2. The van der Waals surface area contributed by atoms with E-state index in [4.69, 9.17) is 5.11 Å². The number of aliphatic hydroxyl groups is 1. The number of nitrogens with zero attached hydrogens (tertiary/aromatic N) is 3. The number of alkyl halides is 2. The standard InChI is InChI=1S/C13H19F2N3O/c1-9(2)12-16-5-3-11(17-12)18-6-4-13(14,15)10(7-18)8-19/h3,5,9-10,19H,4,6-8H2,1-2H3. The highest BCUT2D eigenvalue weighted by molar-refractivity contribution is 5.38. The smallest absolute Gasteiger partial charge is 0.256 e. The first-order chi connectivity index (χ1) is 8.94. The van der Waals surface area contributed by atoms with Crippen molar-refractivity contribution in [1.82, 2.24) is 9.97 Å². The van der Waals surface area contributed by atoms with Crippen LogP contribution in [0.1, 0.15) is 32.0 Å². The summed E-state index contributed by atoms with van der Waals surface area (Å²) in [6.07, 6.45) is 1.40. The highest BCUT2D eigenvalue weighted by Crippen LogP contribution is 2.34. The molecule has 6 heteroatoms. The van der Waals surface area contributed by atoms with Crippen LogP contribution < -0.4 is 4.90 Å². The van der Waals surface area contributed by atoms with Crippen molar-refractivity contribution < 1.29 is 13.9 Å². The van der Waals surface area contributed by atoms with E-state index in [9.17, 15) is 8.78 Å². The van der Waals surface area contributed by atoms with Crippen molar-refractivity contribution in [3.63, 3.8) is 0 Å². The number of hydrogen-bond acceptors (Lipinski definition) is 4. The van der Waals surface area contributed by atoms with Crippen LogP contribution in [0.5, 0.6) is 0 Å². The van der Waals surface area contributed by atoms with E-state index < -0.39 is 18.4 Å². The number of piperidine rings is 1. The van der Waals surface area contributed by atoms with Crippen LogP contribution in [0, 0.1) is 5.92 Å². The van der Waals surface area contributed by atoms with Gasteiger partial charge in [0.05, 0.1) is 12.5 Å². The third kappa shape index (κ3) is 3.00. The quantitative estimate of drug-likeness (QED) is 0.914. The average molecular weight is 271 g/mol. The van der Waals surface area contributed by atoms with E-state index >= 15 is 0 Å². The Balaban J connectivity index is 2.17. The number of aromatic nitrogens is 2. The second kappa shape index (κ2) is 5.36. The molecule has 1 N–H and O–H groups in total. The molecule has 1 aromatic heterocycles. The number of halogens is 2. The van der Waals surface area contributed by atoms with Crippen molar-refractivity contribution >= 4 is 5.82 Å². The molecule has 1 atom stereocenters. The van der Waals surface area contributed by atoms with Gasteiger partial charge in [0.1, 0.15) is 11.6 Å². The van der Waals surface area contributed by atoms with E-state index in [1.54, 1.807) is 17.2 Å². The highest BCUT2D eigenvalue weighted by Gasteiger charge is 2.43. The van der Waals surface area contributed by atoms with E-state index in [1.165, 1.54) is 0 Å². The van der Waals surface area contributed by atoms with Gasteiger partial charge in [-0.1, -0.05) is 13.8 Å². The minimum absolute atomic E-state index is 0.123. The maximum absolute atomic E-state index is 13.5. The van der Waals surface area contributed by atoms with Crippen LogP contribution in [0.4, 0.5) is 14.6 Å². The fraction of sp³-hybridized carbons (Fsp3) is 0.692. The molecule has 0 amide bonds. The second-order valence-corrected chi connectivity index (χ2v) is 5.26. The minimum Gasteiger partial charge on any atom is -0.396 e. The lowest BCUT2D eigenvalue weighted by atomic mass is 9.94. The van der Waals surface area contributed by atoms with Crippen molar-refractivity contribution in [1.29, 1.82) is 0 Å². The van der Waals surface area contributed by atoms with Crippen molar-refractivity contribution in [2.75, 3.05) is 24.6 Å². The van der Waals surface area contributed by atoms with Gasteiger partial charge in [-0.15, -0.1) is 0 Å². The predicted octanol–water partition coefficient (Wildman–Crippen LogP) is 2.05. The molecule has 1 unspecified atom stereocenters. The van der Waals surface area contributed by atoms with E-state index in [0.717, 1.165) is 0 Å². The van der Waals surface area contributed by atoms with Crippen LogP contribution in [0.3, 0.4) is 0 Å². The number of anilines is 1. The molecule has 19 heavy (non-hydrogen) atoms. The van der Waals surface area contributed by atoms with E-state index in [1.807, 2.05) is 13.8 Å². The summed E-state index contributed by atoms with van der Waals surface area (Å²) < 4.78 is 27.1. The number of rotatable bonds is 3. The van der Waals surface area contributed by atoms with Crippen LogP contribution in [-0.2, 0) is 0 Å². The zero-order valence-electron chi connectivity index (χ0n) is 11.2. The van der Waals surface area contributed by atoms with Gasteiger partial charge in [-0.2, -0.15) is 0 Å². The van der Waals surface area contributed by atoms with Crippen molar-refractivity contribution in [2.24, 2.45) is 5.92 Å². The maximum Gasteiger partial charge on any atom is 0.256 e. The maximum atomic E-state index is 13.5. The van der Waals surface area contributed by atoms with Gasteiger partial charge in [-0.05, 0) is 6.07 Å². The molecular weight excluding hydrogens is 252 g/mol. The van der Waals surface area contributed by atoms with Crippen LogP contribution in [0.2, 0.25) is 0 Å². The molecule has 1 aromatic rings. The Bertz CT molecular complexity index is 440. The topological polar surface area (TPSA) is 49.2 Å². The molecule has 106 valence electrons. The highest BCUT2D eigenvalue weighted by atomic mass is 19.3. The normalized spacial score (nSPS) is 22.8.